The summed E-state index contributed by atoms with van der Waals surface area (Å²) in [4.78, 5) is 42.1. The summed E-state index contributed by atoms with van der Waals surface area (Å²) in [5.74, 6) is 0.292. The van der Waals surface area contributed by atoms with Crippen LogP contribution in [-0.4, -0.2) is 33.5 Å². The Hall–Kier alpha value is -5.37. The Kier molecular flexibility index (Phi) is 6.04. The molecule has 4 aromatic rings. The number of para-hydroxylation sites is 2. The zero-order chi connectivity index (χ0) is 29.0. The van der Waals surface area contributed by atoms with E-state index in [1.54, 1.807) is 48.5 Å². The van der Waals surface area contributed by atoms with Crippen LogP contribution in [0.5, 0.6) is 5.75 Å². The molecule has 1 aromatic heterocycles. The van der Waals surface area contributed by atoms with E-state index < -0.39 is 17.2 Å². The number of hydrogen-bond donors (Lipinski definition) is 3. The molecule has 0 radical (unpaired) electrons. The largest absolute Gasteiger partial charge is 0.507 e. The first kappa shape index (κ1) is 25.6. The third-order valence-corrected chi connectivity index (χ3v) is 8.15. The van der Waals surface area contributed by atoms with Crippen LogP contribution in [0.2, 0.25) is 0 Å². The fourth-order valence-corrected chi connectivity index (χ4v) is 6.12. The third kappa shape index (κ3) is 3.95. The van der Waals surface area contributed by atoms with Crippen molar-refractivity contribution in [1.29, 1.82) is 0 Å². The Morgan fingerprint density at radius 2 is 1.57 bits per heavy atom. The molecule has 7 rings (SSSR count). The number of aryl methyl sites for hydroxylation is 1. The molecule has 0 unspecified atom stereocenters. The van der Waals surface area contributed by atoms with Crippen LogP contribution >= 0.6 is 0 Å². The molecule has 3 N–H and O–H groups in total. The van der Waals surface area contributed by atoms with Crippen molar-refractivity contribution in [2.24, 2.45) is 0 Å². The minimum absolute atomic E-state index is 0.0388. The highest BCUT2D eigenvalue weighted by molar-refractivity contribution is 6.51. The molecule has 208 valence electrons. The highest BCUT2D eigenvalue weighted by Crippen LogP contribution is 2.45. The number of phenols is 1. The SMILES string of the molecule is CCN1C(=O)/C(=c2/[nH][nH]c(=O)/c2=C\C2=C(c3ccccc3O)OC3=C(CCc4ccccc43)C2)C(=O)c2ccccc21. The van der Waals surface area contributed by atoms with Crippen molar-refractivity contribution >= 4 is 40.5 Å². The number of nitrogens with zero attached hydrogens (tertiary/aromatic N) is 1. The molecule has 0 fully saturated rings. The average Bonchev–Trinajstić information content (AvgIpc) is 3.36. The van der Waals surface area contributed by atoms with E-state index in [-0.39, 0.29) is 21.9 Å². The molecule has 1 aliphatic carbocycles. The second-order valence-electron chi connectivity index (χ2n) is 10.5. The first-order valence-electron chi connectivity index (χ1n) is 13.9. The normalized spacial score (nSPS) is 18.1. The summed E-state index contributed by atoms with van der Waals surface area (Å²) in [6.45, 7) is 2.20. The predicted octanol–water partition coefficient (Wildman–Crippen LogP) is 3.78. The number of hydrogen-bond acceptors (Lipinski definition) is 5. The van der Waals surface area contributed by atoms with Crippen molar-refractivity contribution in [2.75, 3.05) is 11.4 Å². The first-order chi connectivity index (χ1) is 20.5. The zero-order valence-electron chi connectivity index (χ0n) is 22.9. The van der Waals surface area contributed by atoms with Crippen LogP contribution in [0.25, 0.3) is 23.2 Å². The number of amides is 1. The molecular weight excluding hydrogens is 530 g/mol. The van der Waals surface area contributed by atoms with Gasteiger partial charge >= 0.3 is 0 Å². The maximum absolute atomic E-state index is 13.7. The van der Waals surface area contributed by atoms with Crippen LogP contribution in [0.4, 0.5) is 5.69 Å². The second kappa shape index (κ2) is 9.92. The molecular formula is C34H27N3O5. The lowest BCUT2D eigenvalue weighted by atomic mass is 9.85. The van der Waals surface area contributed by atoms with E-state index >= 15 is 0 Å². The number of aromatic amines is 2. The zero-order valence-corrected chi connectivity index (χ0v) is 22.9. The average molecular weight is 558 g/mol. The molecule has 42 heavy (non-hydrogen) atoms. The fourth-order valence-electron chi connectivity index (χ4n) is 6.12. The summed E-state index contributed by atoms with van der Waals surface area (Å²) < 4.78 is 6.59. The summed E-state index contributed by atoms with van der Waals surface area (Å²) >= 11 is 0. The van der Waals surface area contributed by atoms with Gasteiger partial charge < -0.3 is 14.7 Å². The van der Waals surface area contributed by atoms with Gasteiger partial charge in [0.1, 0.15) is 22.8 Å². The highest BCUT2D eigenvalue weighted by Gasteiger charge is 2.35. The van der Waals surface area contributed by atoms with Gasteiger partial charge in [-0.3, -0.25) is 24.6 Å². The van der Waals surface area contributed by atoms with Gasteiger partial charge in [-0.15, -0.1) is 0 Å². The number of anilines is 1. The van der Waals surface area contributed by atoms with Gasteiger partial charge in [0, 0.05) is 29.7 Å². The van der Waals surface area contributed by atoms with Gasteiger partial charge in [-0.1, -0.05) is 48.5 Å². The first-order valence-corrected chi connectivity index (χ1v) is 13.9. The maximum atomic E-state index is 13.7. The summed E-state index contributed by atoms with van der Waals surface area (Å²) in [6.07, 6.45) is 3.78. The number of carbonyl (C=O) groups is 2. The Balaban J connectivity index is 1.47. The summed E-state index contributed by atoms with van der Waals surface area (Å²) in [5, 5.41) is 16.5. The van der Waals surface area contributed by atoms with Gasteiger partial charge in [-0.25, -0.2) is 0 Å². The Bertz CT molecular complexity index is 2060. The van der Waals surface area contributed by atoms with Crippen LogP contribution in [0.3, 0.4) is 0 Å². The number of rotatable bonds is 3. The van der Waals surface area contributed by atoms with Gasteiger partial charge in [0.05, 0.1) is 21.8 Å². The monoisotopic (exact) mass is 557 g/mol. The molecule has 0 atom stereocenters. The number of aromatic hydroxyl groups is 1. The topological polar surface area (TPSA) is 115 Å². The molecule has 0 saturated carbocycles. The number of ketones is 1. The molecule has 8 heteroatoms. The van der Waals surface area contributed by atoms with E-state index in [9.17, 15) is 19.5 Å². The van der Waals surface area contributed by atoms with Crippen LogP contribution in [0.1, 0.15) is 46.8 Å². The van der Waals surface area contributed by atoms with E-state index in [1.807, 2.05) is 31.2 Å². The van der Waals surface area contributed by atoms with Gasteiger partial charge in [-0.2, -0.15) is 0 Å². The quantitative estimate of drug-likeness (QED) is 0.355. The predicted molar refractivity (Wildman–Crippen MR) is 160 cm³/mol. The number of fused-ring (bicyclic) bond motifs is 3. The molecule has 3 aliphatic rings. The van der Waals surface area contributed by atoms with Gasteiger partial charge in [0.15, 0.2) is 0 Å². The highest BCUT2D eigenvalue weighted by atomic mass is 16.5. The number of H-pyrrole nitrogens is 2. The van der Waals surface area contributed by atoms with Gasteiger partial charge in [0.25, 0.3) is 11.5 Å². The van der Waals surface area contributed by atoms with Crippen LogP contribution < -0.4 is 21.0 Å². The van der Waals surface area contributed by atoms with Crippen molar-refractivity contribution in [3.05, 3.63) is 127 Å². The molecule has 2 aliphatic heterocycles. The lowest BCUT2D eigenvalue weighted by molar-refractivity contribution is -0.113. The lowest BCUT2D eigenvalue weighted by Gasteiger charge is -2.30. The van der Waals surface area contributed by atoms with E-state index in [0.717, 1.165) is 29.7 Å². The van der Waals surface area contributed by atoms with Gasteiger partial charge in [-0.05, 0) is 61.2 Å². The molecule has 3 aromatic carbocycles. The molecule has 0 bridgehead atoms. The summed E-state index contributed by atoms with van der Waals surface area (Å²) in [6, 6.07) is 22.0. The summed E-state index contributed by atoms with van der Waals surface area (Å²) in [7, 11) is 0. The van der Waals surface area contributed by atoms with Crippen LogP contribution in [0.15, 0.2) is 88.7 Å². The third-order valence-electron chi connectivity index (χ3n) is 8.15. The number of phenolic OH excluding ortho intramolecular Hbond substituents is 1. The van der Waals surface area contributed by atoms with Crippen molar-refractivity contribution in [2.45, 2.75) is 26.2 Å². The Labute approximate surface area is 240 Å². The minimum atomic E-state index is -0.477. The number of nitrogens with one attached hydrogen (secondary N) is 2. The van der Waals surface area contributed by atoms with E-state index in [0.29, 0.717) is 41.1 Å². The molecule has 1 amide bonds. The van der Waals surface area contributed by atoms with Crippen molar-refractivity contribution in [1.82, 2.24) is 10.2 Å². The fraction of sp³-hybridized carbons (Fsp3) is 0.147. The van der Waals surface area contributed by atoms with Crippen molar-refractivity contribution in [3.63, 3.8) is 0 Å². The number of carbonyl (C=O) groups excluding carboxylic acids is 2. The van der Waals surface area contributed by atoms with E-state index in [1.165, 1.54) is 10.5 Å². The number of allylic oxidation sites excluding steroid dienone is 2. The van der Waals surface area contributed by atoms with E-state index in [4.69, 9.17) is 4.74 Å². The molecule has 0 saturated heterocycles. The Morgan fingerprint density at radius 3 is 2.36 bits per heavy atom. The molecule has 3 heterocycles. The van der Waals surface area contributed by atoms with E-state index in [2.05, 4.69) is 16.3 Å². The maximum Gasteiger partial charge on any atom is 0.271 e. The number of aromatic nitrogens is 2. The van der Waals surface area contributed by atoms with Crippen molar-refractivity contribution < 1.29 is 19.4 Å². The second-order valence-corrected chi connectivity index (χ2v) is 10.5. The lowest BCUT2D eigenvalue weighted by Crippen LogP contribution is -2.45. The Morgan fingerprint density at radius 1 is 0.857 bits per heavy atom. The standard InChI is InChI=1S/C34H27N3O5/c1-2-37-26-13-7-5-11-23(26)30(39)28(34(37)41)29-25(33(40)36-35-29)18-21-17-20-16-15-19-9-3-4-10-22(19)31(20)42-32(21)24-12-6-8-14-27(24)38/h3-14,18,35,38H,2,15-17H2,1H3,(H,36,40)/b25-18-,29-28+. The summed E-state index contributed by atoms with van der Waals surface area (Å²) in [5.41, 5.74) is 4.79. The van der Waals surface area contributed by atoms with Gasteiger partial charge in [0.2, 0.25) is 5.78 Å². The number of ether oxygens (including phenoxy) is 1. The molecule has 0 spiro atoms. The van der Waals surface area contributed by atoms with Crippen molar-refractivity contribution in [3.8, 4) is 5.75 Å². The number of benzene rings is 3. The minimum Gasteiger partial charge on any atom is -0.507 e. The number of Topliss-reactive ketones (excluding diaryl/α,β-unsaturated/α-hetero) is 1. The smallest absolute Gasteiger partial charge is 0.271 e. The van der Waals surface area contributed by atoms with Crippen LogP contribution in [-0.2, 0) is 16.0 Å². The van der Waals surface area contributed by atoms with Crippen LogP contribution in [0, 0.1) is 0 Å². The molecule has 8 nitrogen and oxygen atoms in total.